The van der Waals surface area contributed by atoms with Gasteiger partial charge in [0.05, 0.1) is 5.75 Å². The summed E-state index contributed by atoms with van der Waals surface area (Å²) in [6.45, 7) is 4.41. The van der Waals surface area contributed by atoms with Gasteiger partial charge in [-0.05, 0) is 69.2 Å². The number of halogens is 1. The number of allylic oxidation sites excluding steroid dienone is 1. The molecule has 0 aliphatic heterocycles. The first-order valence-electron chi connectivity index (χ1n) is 8.95. The zero-order valence-electron chi connectivity index (χ0n) is 15.4. The zero-order valence-corrected chi connectivity index (χ0v) is 17.8. The van der Waals surface area contributed by atoms with Crippen molar-refractivity contribution in [2.45, 2.75) is 50.8 Å². The number of carbonyl (C=O) groups is 2. The molecule has 0 saturated carbocycles. The van der Waals surface area contributed by atoms with Crippen LogP contribution in [0.1, 0.15) is 43.2 Å². The molecule has 0 unspecified atom stereocenters. The Hall–Kier alpha value is -1.27. The Morgan fingerprint density at radius 3 is 2.77 bits per heavy atom. The van der Waals surface area contributed by atoms with Crippen molar-refractivity contribution < 1.29 is 14.3 Å². The highest BCUT2D eigenvalue weighted by atomic mass is 79.9. The van der Waals surface area contributed by atoms with Crippen molar-refractivity contribution in [3.8, 4) is 0 Å². The highest BCUT2D eigenvalue weighted by Gasteiger charge is 2.11. The van der Waals surface area contributed by atoms with Crippen LogP contribution in [0.4, 0.5) is 0 Å². The summed E-state index contributed by atoms with van der Waals surface area (Å²) < 4.78 is 6.12. The van der Waals surface area contributed by atoms with E-state index in [1.165, 1.54) is 30.2 Å². The predicted octanol–water partition coefficient (Wildman–Crippen LogP) is 4.71. The lowest BCUT2D eigenvalue weighted by molar-refractivity contribution is -0.145. The van der Waals surface area contributed by atoms with Gasteiger partial charge in [0.1, 0.15) is 0 Å². The van der Waals surface area contributed by atoms with Crippen LogP contribution in [-0.2, 0) is 14.3 Å². The van der Waals surface area contributed by atoms with Gasteiger partial charge in [0, 0.05) is 15.9 Å². The van der Waals surface area contributed by atoms with Gasteiger partial charge in [-0.3, -0.25) is 9.59 Å². The molecule has 26 heavy (non-hydrogen) atoms. The number of ether oxygens (including phenoxy) is 1. The second-order valence-electron chi connectivity index (χ2n) is 6.52. The van der Waals surface area contributed by atoms with Gasteiger partial charge in [-0.2, -0.15) is 0 Å². The fraction of sp³-hybridized carbons (Fsp3) is 0.500. The molecule has 1 N–H and O–H groups in total. The van der Waals surface area contributed by atoms with Gasteiger partial charge < -0.3 is 10.1 Å². The molecule has 4 nitrogen and oxygen atoms in total. The topological polar surface area (TPSA) is 55.4 Å². The summed E-state index contributed by atoms with van der Waals surface area (Å²) in [6, 6.07) is 4.09. The Bertz CT molecular complexity index is 688. The molecule has 6 heteroatoms. The van der Waals surface area contributed by atoms with E-state index in [0.29, 0.717) is 6.54 Å². The molecule has 0 bridgehead atoms. The van der Waals surface area contributed by atoms with Crippen LogP contribution in [0.3, 0.4) is 0 Å². The second-order valence-corrected chi connectivity index (χ2v) is 8.40. The molecule has 0 saturated heterocycles. The van der Waals surface area contributed by atoms with E-state index in [0.717, 1.165) is 39.8 Å². The smallest absolute Gasteiger partial charge is 0.316 e. The van der Waals surface area contributed by atoms with Crippen LogP contribution >= 0.6 is 27.7 Å². The third kappa shape index (κ3) is 7.16. The second kappa shape index (κ2) is 10.8. The van der Waals surface area contributed by atoms with E-state index in [2.05, 4.69) is 27.3 Å². The van der Waals surface area contributed by atoms with Crippen molar-refractivity contribution in [3.63, 3.8) is 0 Å². The SMILES string of the molecule is Cc1cc(SCC(=O)OCC(=O)NCCC2=CCCCC2)c(C)cc1Br. The summed E-state index contributed by atoms with van der Waals surface area (Å²) in [5, 5.41) is 2.81. The largest absolute Gasteiger partial charge is 0.455 e. The number of amides is 1. The molecule has 0 spiro atoms. The van der Waals surface area contributed by atoms with Gasteiger partial charge in [0.25, 0.3) is 5.91 Å². The van der Waals surface area contributed by atoms with Crippen LogP contribution in [0.15, 0.2) is 33.2 Å². The molecular formula is C20H26BrNO3S. The van der Waals surface area contributed by atoms with Crippen LogP contribution in [0.2, 0.25) is 0 Å². The molecule has 1 aromatic rings. The van der Waals surface area contributed by atoms with Gasteiger partial charge >= 0.3 is 5.97 Å². The van der Waals surface area contributed by atoms with Gasteiger partial charge in [0.2, 0.25) is 0 Å². The minimum atomic E-state index is -0.375. The lowest BCUT2D eigenvalue weighted by Crippen LogP contribution is -2.30. The van der Waals surface area contributed by atoms with Gasteiger partial charge in [-0.1, -0.05) is 27.6 Å². The zero-order chi connectivity index (χ0) is 18.9. The molecule has 0 radical (unpaired) electrons. The van der Waals surface area contributed by atoms with Crippen molar-refractivity contribution in [3.05, 3.63) is 39.4 Å². The van der Waals surface area contributed by atoms with Crippen LogP contribution in [0.25, 0.3) is 0 Å². The fourth-order valence-electron chi connectivity index (χ4n) is 2.78. The number of esters is 1. The molecule has 0 fully saturated rings. The van der Waals surface area contributed by atoms with E-state index >= 15 is 0 Å². The van der Waals surface area contributed by atoms with E-state index < -0.39 is 0 Å². The first-order chi connectivity index (χ1) is 12.5. The highest BCUT2D eigenvalue weighted by Crippen LogP contribution is 2.28. The molecule has 0 heterocycles. The van der Waals surface area contributed by atoms with Crippen molar-refractivity contribution in [1.29, 1.82) is 0 Å². The average molecular weight is 440 g/mol. The summed E-state index contributed by atoms with van der Waals surface area (Å²) in [6.07, 6.45) is 7.96. The Morgan fingerprint density at radius 2 is 2.04 bits per heavy atom. The quantitative estimate of drug-likeness (QED) is 0.362. The van der Waals surface area contributed by atoms with Crippen molar-refractivity contribution >= 4 is 39.6 Å². The molecule has 1 aromatic carbocycles. The number of thioether (sulfide) groups is 1. The summed E-state index contributed by atoms with van der Waals surface area (Å²) in [5.74, 6) is -0.419. The van der Waals surface area contributed by atoms with Gasteiger partial charge in [-0.15, -0.1) is 11.8 Å². The maximum absolute atomic E-state index is 11.9. The van der Waals surface area contributed by atoms with Gasteiger partial charge in [0.15, 0.2) is 6.61 Å². The molecule has 0 aromatic heterocycles. The summed E-state index contributed by atoms with van der Waals surface area (Å²) in [7, 11) is 0. The molecule has 142 valence electrons. The normalized spacial score (nSPS) is 13.9. The number of aryl methyl sites for hydroxylation is 2. The first kappa shape index (κ1) is 21.0. The van der Waals surface area contributed by atoms with E-state index in [1.54, 1.807) is 0 Å². The van der Waals surface area contributed by atoms with E-state index in [-0.39, 0.29) is 24.2 Å². The maximum atomic E-state index is 11.9. The number of carbonyl (C=O) groups excluding carboxylic acids is 2. The monoisotopic (exact) mass is 439 g/mol. The van der Waals surface area contributed by atoms with E-state index in [4.69, 9.17) is 4.74 Å². The number of nitrogens with one attached hydrogen (secondary N) is 1. The minimum Gasteiger partial charge on any atom is -0.455 e. The first-order valence-corrected chi connectivity index (χ1v) is 10.7. The highest BCUT2D eigenvalue weighted by molar-refractivity contribution is 9.10. The molecule has 1 aliphatic carbocycles. The maximum Gasteiger partial charge on any atom is 0.316 e. The standard InChI is InChI=1S/C20H26BrNO3S/c1-14-11-18(15(2)10-17(14)21)26-13-20(24)25-12-19(23)22-9-8-16-6-4-3-5-7-16/h6,10-11H,3-5,7-9,12-13H2,1-2H3,(H,22,23). The van der Waals surface area contributed by atoms with E-state index in [1.807, 2.05) is 26.0 Å². The lowest BCUT2D eigenvalue weighted by atomic mass is 9.97. The molecule has 1 aliphatic rings. The van der Waals surface area contributed by atoms with Crippen LogP contribution < -0.4 is 5.32 Å². The molecular weight excluding hydrogens is 414 g/mol. The number of hydrogen-bond acceptors (Lipinski definition) is 4. The molecule has 1 amide bonds. The minimum absolute atomic E-state index is 0.197. The number of rotatable bonds is 8. The van der Waals surface area contributed by atoms with Crippen LogP contribution in [-0.4, -0.2) is 30.8 Å². The molecule has 0 atom stereocenters. The third-order valence-electron chi connectivity index (χ3n) is 4.32. The van der Waals surface area contributed by atoms with E-state index in [9.17, 15) is 9.59 Å². The Labute approximate surface area is 168 Å². The van der Waals surface area contributed by atoms with Crippen LogP contribution in [0, 0.1) is 13.8 Å². The predicted molar refractivity (Wildman–Crippen MR) is 109 cm³/mol. The van der Waals surface area contributed by atoms with Crippen molar-refractivity contribution in [2.24, 2.45) is 0 Å². The van der Waals surface area contributed by atoms with Crippen LogP contribution in [0.5, 0.6) is 0 Å². The summed E-state index contributed by atoms with van der Waals surface area (Å²) in [4.78, 5) is 24.7. The average Bonchev–Trinajstić information content (AvgIpc) is 2.63. The summed E-state index contributed by atoms with van der Waals surface area (Å²) >= 11 is 4.93. The number of hydrogen-bond donors (Lipinski definition) is 1. The number of benzene rings is 1. The van der Waals surface area contributed by atoms with Crippen molar-refractivity contribution in [1.82, 2.24) is 5.32 Å². The fourth-order valence-corrected chi connectivity index (χ4v) is 4.14. The summed E-state index contributed by atoms with van der Waals surface area (Å²) in [5.41, 5.74) is 3.65. The van der Waals surface area contributed by atoms with Crippen molar-refractivity contribution in [2.75, 3.05) is 18.9 Å². The Morgan fingerprint density at radius 1 is 1.23 bits per heavy atom. The molecule has 2 rings (SSSR count). The van der Waals surface area contributed by atoms with Gasteiger partial charge in [-0.25, -0.2) is 0 Å². The lowest BCUT2D eigenvalue weighted by Gasteiger charge is -2.13. The Kier molecular flexibility index (Phi) is 8.72. The Balaban J connectivity index is 1.64. The third-order valence-corrected chi connectivity index (χ3v) is 6.30.